The Balaban J connectivity index is 1.67. The number of amides is 1. The van der Waals surface area contributed by atoms with Gasteiger partial charge in [-0.3, -0.25) is 9.63 Å². The number of carbonyl (C=O) groups is 1. The van der Waals surface area contributed by atoms with Crippen LogP contribution in [0, 0.1) is 0 Å². The standard InChI is InChI=1S/C17H26N2O3S/c1-19(22-3)17(20)9-6-14-10-16(11-18-14)23-12-13-4-7-15(21-2)8-5-13/h4-5,7-8,14,16,18H,6,9-12H2,1-3H3/t14-,16-/m1/s1. The van der Waals surface area contributed by atoms with Gasteiger partial charge in [-0.15, -0.1) is 0 Å². The van der Waals surface area contributed by atoms with Gasteiger partial charge in [0.25, 0.3) is 0 Å². The molecule has 1 aromatic rings. The second-order valence-electron chi connectivity index (χ2n) is 5.73. The van der Waals surface area contributed by atoms with E-state index in [1.165, 1.54) is 17.7 Å². The zero-order valence-electron chi connectivity index (χ0n) is 14.1. The highest BCUT2D eigenvalue weighted by atomic mass is 32.2. The molecule has 5 nitrogen and oxygen atoms in total. The summed E-state index contributed by atoms with van der Waals surface area (Å²) in [5.74, 6) is 1.93. The molecule has 1 aromatic carbocycles. The summed E-state index contributed by atoms with van der Waals surface area (Å²) in [5.41, 5.74) is 1.32. The monoisotopic (exact) mass is 338 g/mol. The Morgan fingerprint density at radius 3 is 2.74 bits per heavy atom. The van der Waals surface area contributed by atoms with Gasteiger partial charge in [-0.1, -0.05) is 12.1 Å². The van der Waals surface area contributed by atoms with E-state index in [0.29, 0.717) is 17.7 Å². The molecule has 1 heterocycles. The molecule has 1 saturated heterocycles. The lowest BCUT2D eigenvalue weighted by Crippen LogP contribution is -2.28. The van der Waals surface area contributed by atoms with E-state index in [1.54, 1.807) is 14.2 Å². The molecule has 0 radical (unpaired) electrons. The van der Waals surface area contributed by atoms with E-state index in [9.17, 15) is 4.79 Å². The highest BCUT2D eigenvalue weighted by Gasteiger charge is 2.25. The van der Waals surface area contributed by atoms with Crippen LogP contribution in [-0.4, -0.2) is 50.1 Å². The average molecular weight is 338 g/mol. The molecule has 0 unspecified atom stereocenters. The Bertz CT molecular complexity index is 495. The van der Waals surface area contributed by atoms with Gasteiger partial charge in [-0.25, -0.2) is 5.06 Å². The van der Waals surface area contributed by atoms with Crippen molar-refractivity contribution in [3.05, 3.63) is 29.8 Å². The first-order chi connectivity index (χ1) is 11.1. The number of benzene rings is 1. The summed E-state index contributed by atoms with van der Waals surface area (Å²) in [6.45, 7) is 1.01. The van der Waals surface area contributed by atoms with Gasteiger partial charge in [0.1, 0.15) is 5.75 Å². The lowest BCUT2D eigenvalue weighted by Gasteiger charge is -2.15. The van der Waals surface area contributed by atoms with Crippen LogP contribution in [0.4, 0.5) is 0 Å². The summed E-state index contributed by atoms with van der Waals surface area (Å²) in [4.78, 5) is 16.6. The van der Waals surface area contributed by atoms with Gasteiger partial charge in [-0.2, -0.15) is 11.8 Å². The molecule has 1 aliphatic rings. The van der Waals surface area contributed by atoms with Crippen molar-refractivity contribution in [1.29, 1.82) is 0 Å². The zero-order chi connectivity index (χ0) is 16.7. The normalized spacial score (nSPS) is 20.5. The first kappa shape index (κ1) is 18.1. The Morgan fingerprint density at radius 1 is 1.35 bits per heavy atom. The number of rotatable bonds is 8. The van der Waals surface area contributed by atoms with Gasteiger partial charge < -0.3 is 10.1 Å². The van der Waals surface area contributed by atoms with Crippen LogP contribution in [0.5, 0.6) is 5.75 Å². The summed E-state index contributed by atoms with van der Waals surface area (Å²) in [6, 6.07) is 8.67. The average Bonchev–Trinajstić information content (AvgIpc) is 3.05. The Morgan fingerprint density at radius 2 is 2.09 bits per heavy atom. The van der Waals surface area contributed by atoms with E-state index in [2.05, 4.69) is 17.4 Å². The van der Waals surface area contributed by atoms with Crippen molar-refractivity contribution in [3.63, 3.8) is 0 Å². The van der Waals surface area contributed by atoms with Crippen LogP contribution in [0.2, 0.25) is 0 Å². The fourth-order valence-corrected chi connectivity index (χ4v) is 3.82. The lowest BCUT2D eigenvalue weighted by atomic mass is 10.1. The second-order valence-corrected chi connectivity index (χ2v) is 7.02. The molecule has 0 bridgehead atoms. The summed E-state index contributed by atoms with van der Waals surface area (Å²) in [5, 5.41) is 5.43. The zero-order valence-corrected chi connectivity index (χ0v) is 14.9. The number of thioether (sulfide) groups is 1. The molecule has 2 atom stereocenters. The number of nitrogens with one attached hydrogen (secondary N) is 1. The van der Waals surface area contributed by atoms with Crippen molar-refractivity contribution in [3.8, 4) is 5.75 Å². The third-order valence-electron chi connectivity index (χ3n) is 4.16. The quantitative estimate of drug-likeness (QED) is 0.738. The molecule has 1 aliphatic heterocycles. The molecule has 0 spiro atoms. The predicted molar refractivity (Wildman–Crippen MR) is 93.5 cm³/mol. The van der Waals surface area contributed by atoms with Crippen LogP contribution in [0.1, 0.15) is 24.8 Å². The van der Waals surface area contributed by atoms with Crippen LogP contribution >= 0.6 is 11.8 Å². The van der Waals surface area contributed by atoms with Crippen molar-refractivity contribution >= 4 is 17.7 Å². The molecule has 1 fully saturated rings. The number of hydroxylamine groups is 2. The summed E-state index contributed by atoms with van der Waals surface area (Å²) in [6.07, 6.45) is 2.51. The maximum atomic E-state index is 11.7. The van der Waals surface area contributed by atoms with Crippen LogP contribution in [0.25, 0.3) is 0 Å². The number of hydrogen-bond acceptors (Lipinski definition) is 5. The van der Waals surface area contributed by atoms with Crippen molar-refractivity contribution in [2.75, 3.05) is 27.8 Å². The van der Waals surface area contributed by atoms with E-state index < -0.39 is 0 Å². The van der Waals surface area contributed by atoms with Gasteiger partial charge in [-0.05, 0) is 30.5 Å². The second kappa shape index (κ2) is 9.15. The van der Waals surface area contributed by atoms with E-state index in [4.69, 9.17) is 9.57 Å². The first-order valence-corrected chi connectivity index (χ1v) is 8.95. The van der Waals surface area contributed by atoms with Crippen LogP contribution in [0.3, 0.4) is 0 Å². The van der Waals surface area contributed by atoms with Crippen LogP contribution < -0.4 is 10.1 Å². The van der Waals surface area contributed by atoms with Crippen molar-refractivity contribution < 1.29 is 14.4 Å². The number of methoxy groups -OCH3 is 1. The minimum Gasteiger partial charge on any atom is -0.497 e. The maximum Gasteiger partial charge on any atom is 0.245 e. The molecule has 0 aromatic heterocycles. The SMILES string of the molecule is COc1ccc(CS[C@H]2CN[C@H](CCC(=O)N(C)OC)C2)cc1. The van der Waals surface area contributed by atoms with E-state index >= 15 is 0 Å². The topological polar surface area (TPSA) is 50.8 Å². The molecule has 0 saturated carbocycles. The molecule has 0 aliphatic carbocycles. The fraction of sp³-hybridized carbons (Fsp3) is 0.588. The van der Waals surface area contributed by atoms with Crippen molar-refractivity contribution in [2.45, 2.75) is 36.3 Å². The number of hydrogen-bond donors (Lipinski definition) is 1. The van der Waals surface area contributed by atoms with Crippen LogP contribution in [-0.2, 0) is 15.4 Å². The maximum absolute atomic E-state index is 11.7. The summed E-state index contributed by atoms with van der Waals surface area (Å²) < 4.78 is 5.18. The highest BCUT2D eigenvalue weighted by molar-refractivity contribution is 7.99. The number of ether oxygens (including phenoxy) is 1. The van der Waals surface area contributed by atoms with Crippen LogP contribution in [0.15, 0.2) is 24.3 Å². The molecule has 23 heavy (non-hydrogen) atoms. The third kappa shape index (κ3) is 5.71. The van der Waals surface area contributed by atoms with Crippen molar-refractivity contribution in [2.24, 2.45) is 0 Å². The molecule has 6 heteroatoms. The molecular weight excluding hydrogens is 312 g/mol. The van der Waals surface area contributed by atoms with Gasteiger partial charge in [0, 0.05) is 37.1 Å². The smallest absolute Gasteiger partial charge is 0.245 e. The fourth-order valence-electron chi connectivity index (χ4n) is 2.62. The minimum atomic E-state index is 0.0311. The number of nitrogens with zero attached hydrogens (tertiary/aromatic N) is 1. The van der Waals surface area contributed by atoms with E-state index in [1.807, 2.05) is 23.9 Å². The van der Waals surface area contributed by atoms with Gasteiger partial charge in [0.2, 0.25) is 5.91 Å². The largest absolute Gasteiger partial charge is 0.497 e. The molecule has 2 rings (SSSR count). The van der Waals surface area contributed by atoms with Gasteiger partial charge in [0.05, 0.1) is 14.2 Å². The Hall–Kier alpha value is -1.24. The number of carbonyl (C=O) groups excluding carboxylic acids is 1. The predicted octanol–water partition coefficient (Wildman–Crippen LogP) is 2.46. The summed E-state index contributed by atoms with van der Waals surface area (Å²) in [7, 11) is 4.85. The lowest BCUT2D eigenvalue weighted by molar-refractivity contribution is -0.168. The van der Waals surface area contributed by atoms with E-state index in [-0.39, 0.29) is 5.91 Å². The summed E-state index contributed by atoms with van der Waals surface area (Å²) >= 11 is 1.98. The van der Waals surface area contributed by atoms with Crippen molar-refractivity contribution in [1.82, 2.24) is 10.4 Å². The molecule has 128 valence electrons. The molecule has 1 N–H and O–H groups in total. The molecular formula is C17H26N2O3S. The highest BCUT2D eigenvalue weighted by Crippen LogP contribution is 2.27. The van der Waals surface area contributed by atoms with Gasteiger partial charge in [0.15, 0.2) is 0 Å². The van der Waals surface area contributed by atoms with Gasteiger partial charge >= 0.3 is 0 Å². The Kier molecular flexibility index (Phi) is 7.20. The van der Waals surface area contributed by atoms with E-state index in [0.717, 1.165) is 30.9 Å². The molecule has 1 amide bonds. The first-order valence-electron chi connectivity index (χ1n) is 7.91. The third-order valence-corrected chi connectivity index (χ3v) is 5.49. The Labute approximate surface area is 142 Å². The minimum absolute atomic E-state index is 0.0311.